The summed E-state index contributed by atoms with van der Waals surface area (Å²) in [5, 5.41) is 3.26. The van der Waals surface area contributed by atoms with Gasteiger partial charge in [0.25, 0.3) is 5.91 Å². The van der Waals surface area contributed by atoms with Crippen molar-refractivity contribution in [1.29, 1.82) is 0 Å². The molecule has 4 nitrogen and oxygen atoms in total. The van der Waals surface area contributed by atoms with Crippen molar-refractivity contribution < 1.29 is 9.59 Å². The van der Waals surface area contributed by atoms with Gasteiger partial charge >= 0.3 is 0 Å². The highest BCUT2D eigenvalue weighted by Gasteiger charge is 2.23. The highest BCUT2D eigenvalue weighted by Crippen LogP contribution is 2.12. The number of hydrogen-bond donors (Lipinski definition) is 1. The fourth-order valence-corrected chi connectivity index (χ4v) is 2.16. The van der Waals surface area contributed by atoms with E-state index >= 15 is 0 Å². The minimum absolute atomic E-state index is 0.0181. The monoisotopic (exact) mass is 246 g/mol. The van der Waals surface area contributed by atoms with Crippen LogP contribution in [0.3, 0.4) is 0 Å². The number of ketones is 1. The quantitative estimate of drug-likeness (QED) is 0.801. The lowest BCUT2D eigenvalue weighted by molar-refractivity contribution is 0.0655. The van der Waals surface area contributed by atoms with Gasteiger partial charge < -0.3 is 10.2 Å². The Hall–Kier alpha value is -1.68. The molecule has 1 saturated heterocycles. The van der Waals surface area contributed by atoms with E-state index in [4.69, 9.17) is 0 Å². The third-order valence-electron chi connectivity index (χ3n) is 3.30. The van der Waals surface area contributed by atoms with Crippen LogP contribution in [-0.2, 0) is 0 Å². The maximum Gasteiger partial charge on any atom is 0.254 e. The molecule has 1 atom stereocenters. The number of hydrogen-bond acceptors (Lipinski definition) is 3. The maximum atomic E-state index is 12.3. The maximum absolute atomic E-state index is 12.3. The van der Waals surface area contributed by atoms with Gasteiger partial charge in [-0.3, -0.25) is 9.59 Å². The Morgan fingerprint density at radius 3 is 2.39 bits per heavy atom. The summed E-state index contributed by atoms with van der Waals surface area (Å²) in [5.41, 5.74) is 1.29. The van der Waals surface area contributed by atoms with Crippen molar-refractivity contribution in [1.82, 2.24) is 10.2 Å². The van der Waals surface area contributed by atoms with Crippen LogP contribution in [0.2, 0.25) is 0 Å². The Morgan fingerprint density at radius 2 is 1.83 bits per heavy atom. The van der Waals surface area contributed by atoms with Crippen molar-refractivity contribution in [3.63, 3.8) is 0 Å². The van der Waals surface area contributed by atoms with Gasteiger partial charge in [-0.25, -0.2) is 0 Å². The molecule has 0 unspecified atom stereocenters. The Kier molecular flexibility index (Phi) is 3.77. The molecule has 0 saturated carbocycles. The SMILES string of the molecule is CC(=O)c1ccc(C(=O)N2CCNC[C@H]2C)cc1. The van der Waals surface area contributed by atoms with Crippen molar-refractivity contribution in [3.8, 4) is 0 Å². The van der Waals surface area contributed by atoms with Gasteiger partial charge in [-0.15, -0.1) is 0 Å². The first kappa shape index (κ1) is 12.8. The van der Waals surface area contributed by atoms with E-state index in [1.54, 1.807) is 24.3 Å². The van der Waals surface area contributed by atoms with E-state index in [1.165, 1.54) is 6.92 Å². The van der Waals surface area contributed by atoms with E-state index in [0.29, 0.717) is 11.1 Å². The molecule has 1 fully saturated rings. The number of carbonyl (C=O) groups excluding carboxylic acids is 2. The molecule has 0 bridgehead atoms. The van der Waals surface area contributed by atoms with Crippen LogP contribution < -0.4 is 5.32 Å². The minimum Gasteiger partial charge on any atom is -0.333 e. The molecule has 0 aromatic heterocycles. The molecule has 96 valence electrons. The van der Waals surface area contributed by atoms with E-state index in [1.807, 2.05) is 11.8 Å². The lowest BCUT2D eigenvalue weighted by atomic mass is 10.1. The van der Waals surface area contributed by atoms with Gasteiger partial charge in [0, 0.05) is 36.8 Å². The fourth-order valence-electron chi connectivity index (χ4n) is 2.16. The average molecular weight is 246 g/mol. The molecule has 18 heavy (non-hydrogen) atoms. The minimum atomic E-state index is 0.0181. The summed E-state index contributed by atoms with van der Waals surface area (Å²) in [6, 6.07) is 7.09. The highest BCUT2D eigenvalue weighted by molar-refractivity contribution is 5.97. The van der Waals surface area contributed by atoms with E-state index < -0.39 is 0 Å². The van der Waals surface area contributed by atoms with Crippen LogP contribution in [-0.4, -0.2) is 42.3 Å². The summed E-state index contributed by atoms with van der Waals surface area (Å²) in [5.74, 6) is 0.0589. The van der Waals surface area contributed by atoms with Gasteiger partial charge in [0.2, 0.25) is 0 Å². The van der Waals surface area contributed by atoms with Crippen LogP contribution in [0, 0.1) is 0 Å². The van der Waals surface area contributed by atoms with Crippen LogP contribution in [0.15, 0.2) is 24.3 Å². The lowest BCUT2D eigenvalue weighted by Crippen LogP contribution is -2.52. The van der Waals surface area contributed by atoms with Crippen molar-refractivity contribution in [2.45, 2.75) is 19.9 Å². The molecule has 2 rings (SSSR count). The second-order valence-corrected chi connectivity index (χ2v) is 4.69. The number of carbonyl (C=O) groups is 2. The molecule has 4 heteroatoms. The predicted octanol–water partition coefficient (Wildman–Crippen LogP) is 1.32. The molecule has 1 N–H and O–H groups in total. The summed E-state index contributed by atoms with van der Waals surface area (Å²) in [6.07, 6.45) is 0. The number of nitrogens with zero attached hydrogens (tertiary/aromatic N) is 1. The van der Waals surface area contributed by atoms with E-state index in [9.17, 15) is 9.59 Å². The van der Waals surface area contributed by atoms with Crippen LogP contribution in [0.4, 0.5) is 0 Å². The van der Waals surface area contributed by atoms with Gasteiger partial charge in [-0.1, -0.05) is 12.1 Å². The molecule has 1 aliphatic rings. The lowest BCUT2D eigenvalue weighted by Gasteiger charge is -2.34. The summed E-state index contributed by atoms with van der Waals surface area (Å²) >= 11 is 0. The number of benzene rings is 1. The zero-order valence-corrected chi connectivity index (χ0v) is 10.8. The molecule has 0 radical (unpaired) electrons. The third kappa shape index (κ3) is 2.59. The molecular weight excluding hydrogens is 228 g/mol. The third-order valence-corrected chi connectivity index (χ3v) is 3.30. The molecule has 1 amide bonds. The summed E-state index contributed by atoms with van der Waals surface area (Å²) in [7, 11) is 0. The molecule has 1 heterocycles. The van der Waals surface area contributed by atoms with Gasteiger partial charge in [0.15, 0.2) is 5.78 Å². The van der Waals surface area contributed by atoms with Crippen LogP contribution >= 0.6 is 0 Å². The number of nitrogens with one attached hydrogen (secondary N) is 1. The molecular formula is C14H18N2O2. The van der Waals surface area contributed by atoms with E-state index in [-0.39, 0.29) is 17.7 Å². The van der Waals surface area contributed by atoms with Crippen molar-refractivity contribution >= 4 is 11.7 Å². The average Bonchev–Trinajstić information content (AvgIpc) is 2.38. The van der Waals surface area contributed by atoms with Crippen molar-refractivity contribution in [2.24, 2.45) is 0 Å². The molecule has 1 aliphatic heterocycles. The predicted molar refractivity (Wildman–Crippen MR) is 69.8 cm³/mol. The number of amides is 1. The topological polar surface area (TPSA) is 49.4 Å². The smallest absolute Gasteiger partial charge is 0.254 e. The van der Waals surface area contributed by atoms with Crippen molar-refractivity contribution in [3.05, 3.63) is 35.4 Å². The van der Waals surface area contributed by atoms with Crippen LogP contribution in [0.5, 0.6) is 0 Å². The van der Waals surface area contributed by atoms with Crippen LogP contribution in [0.25, 0.3) is 0 Å². The van der Waals surface area contributed by atoms with Gasteiger partial charge in [0.1, 0.15) is 0 Å². The summed E-state index contributed by atoms with van der Waals surface area (Å²) in [6.45, 7) is 5.95. The molecule has 0 aliphatic carbocycles. The number of piperazine rings is 1. The first-order valence-corrected chi connectivity index (χ1v) is 6.22. The first-order valence-electron chi connectivity index (χ1n) is 6.22. The van der Waals surface area contributed by atoms with Gasteiger partial charge in [0.05, 0.1) is 0 Å². The largest absolute Gasteiger partial charge is 0.333 e. The Bertz CT molecular complexity index is 453. The molecule has 1 aromatic rings. The molecule has 1 aromatic carbocycles. The second kappa shape index (κ2) is 5.31. The van der Waals surface area contributed by atoms with E-state index in [0.717, 1.165) is 19.6 Å². The number of Topliss-reactive ketones (excluding diaryl/α,β-unsaturated/α-hetero) is 1. The summed E-state index contributed by atoms with van der Waals surface area (Å²) in [4.78, 5) is 25.4. The summed E-state index contributed by atoms with van der Waals surface area (Å²) < 4.78 is 0. The Labute approximate surface area is 107 Å². The van der Waals surface area contributed by atoms with E-state index in [2.05, 4.69) is 5.32 Å². The molecule has 0 spiro atoms. The zero-order valence-electron chi connectivity index (χ0n) is 10.8. The zero-order chi connectivity index (χ0) is 13.1. The second-order valence-electron chi connectivity index (χ2n) is 4.69. The van der Waals surface area contributed by atoms with Gasteiger partial charge in [-0.2, -0.15) is 0 Å². The Morgan fingerprint density at radius 1 is 1.22 bits per heavy atom. The normalized spacial score (nSPS) is 19.7. The fraction of sp³-hybridized carbons (Fsp3) is 0.429. The standard InChI is InChI=1S/C14H18N2O2/c1-10-9-15-7-8-16(10)14(18)13-5-3-12(4-6-13)11(2)17/h3-6,10,15H,7-9H2,1-2H3/t10-/m1/s1. The first-order chi connectivity index (χ1) is 8.59. The Balaban J connectivity index is 2.15. The number of rotatable bonds is 2. The highest BCUT2D eigenvalue weighted by atomic mass is 16.2. The van der Waals surface area contributed by atoms with Crippen LogP contribution in [0.1, 0.15) is 34.6 Å². The van der Waals surface area contributed by atoms with Gasteiger partial charge in [-0.05, 0) is 26.0 Å². The van der Waals surface area contributed by atoms with Crippen molar-refractivity contribution in [2.75, 3.05) is 19.6 Å².